The Labute approximate surface area is 128 Å². The molecule has 2 rings (SSSR count). The minimum Gasteiger partial charge on any atom is -0.409 e. The van der Waals surface area contributed by atoms with Gasteiger partial charge in [0.05, 0.1) is 0 Å². The number of thiocarbonyl (C=S) groups is 1. The van der Waals surface area contributed by atoms with E-state index in [1.165, 1.54) is 0 Å². The van der Waals surface area contributed by atoms with E-state index in [0.717, 1.165) is 29.5 Å². The Morgan fingerprint density at radius 2 is 1.95 bits per heavy atom. The lowest BCUT2D eigenvalue weighted by Gasteiger charge is -2.22. The molecule has 0 bridgehead atoms. The van der Waals surface area contributed by atoms with Crippen molar-refractivity contribution < 1.29 is 4.42 Å². The highest BCUT2D eigenvalue weighted by Gasteiger charge is 2.07. The molecule has 106 valence electrons. The third-order valence-electron chi connectivity index (χ3n) is 2.87. The van der Waals surface area contributed by atoms with Crippen molar-refractivity contribution in [3.63, 3.8) is 0 Å². The Hall–Kier alpha value is -1.73. The molecule has 0 saturated heterocycles. The predicted octanol–water partition coefficient (Wildman–Crippen LogP) is 3.44. The summed E-state index contributed by atoms with van der Waals surface area (Å²) in [5.74, 6) is 0.480. The molecule has 0 radical (unpaired) electrons. The van der Waals surface area contributed by atoms with E-state index in [-0.39, 0.29) is 4.84 Å². The van der Waals surface area contributed by atoms with Crippen molar-refractivity contribution in [2.75, 3.05) is 18.4 Å². The molecular weight excluding hydrogens is 292 g/mol. The van der Waals surface area contributed by atoms with E-state index < -0.39 is 0 Å². The van der Waals surface area contributed by atoms with E-state index in [1.54, 1.807) is 0 Å². The molecule has 2 aromatic rings. The molecule has 7 heteroatoms. The van der Waals surface area contributed by atoms with Gasteiger partial charge in [0.15, 0.2) is 5.11 Å². The SMILES string of the molecule is CCN(CC)C(=S)Nc1ccc(-c2n[nH]c(=S)o2)cc1. The van der Waals surface area contributed by atoms with Crippen molar-refractivity contribution in [2.45, 2.75) is 13.8 Å². The largest absolute Gasteiger partial charge is 0.409 e. The molecular formula is C13H16N4OS2. The van der Waals surface area contributed by atoms with Crippen LogP contribution in [0, 0.1) is 4.84 Å². The molecule has 20 heavy (non-hydrogen) atoms. The van der Waals surface area contributed by atoms with Crippen molar-refractivity contribution in [1.29, 1.82) is 0 Å². The first-order valence-corrected chi connectivity index (χ1v) is 7.17. The molecule has 0 aliphatic heterocycles. The highest BCUT2D eigenvalue weighted by atomic mass is 32.1. The Morgan fingerprint density at radius 3 is 2.45 bits per heavy atom. The first-order valence-electron chi connectivity index (χ1n) is 6.36. The number of aromatic amines is 1. The molecule has 0 amide bonds. The second kappa shape index (κ2) is 6.62. The van der Waals surface area contributed by atoms with Crippen LogP contribution in [0.1, 0.15) is 13.8 Å². The molecule has 0 aliphatic carbocycles. The molecule has 1 aromatic heterocycles. The summed E-state index contributed by atoms with van der Waals surface area (Å²) in [5, 5.41) is 10.5. The molecule has 0 aliphatic rings. The van der Waals surface area contributed by atoms with Gasteiger partial charge in [0.25, 0.3) is 4.84 Å². The Bertz CT molecular complexity index is 628. The number of hydrogen-bond acceptors (Lipinski definition) is 4. The third-order valence-corrected chi connectivity index (χ3v) is 3.41. The Balaban J connectivity index is 2.09. The van der Waals surface area contributed by atoms with Crippen LogP contribution in [-0.2, 0) is 0 Å². The van der Waals surface area contributed by atoms with Crippen LogP contribution in [0.4, 0.5) is 5.69 Å². The van der Waals surface area contributed by atoms with Crippen molar-refractivity contribution in [3.05, 3.63) is 29.1 Å². The number of aromatic nitrogens is 2. The second-order valence-electron chi connectivity index (χ2n) is 4.10. The molecule has 1 heterocycles. The fraction of sp³-hybridized carbons (Fsp3) is 0.308. The highest BCUT2D eigenvalue weighted by molar-refractivity contribution is 7.80. The van der Waals surface area contributed by atoms with Gasteiger partial charge in [-0.25, -0.2) is 5.10 Å². The van der Waals surface area contributed by atoms with E-state index in [9.17, 15) is 0 Å². The average molecular weight is 308 g/mol. The lowest BCUT2D eigenvalue weighted by molar-refractivity contribution is 0.473. The van der Waals surface area contributed by atoms with Crippen LogP contribution in [0.3, 0.4) is 0 Å². The van der Waals surface area contributed by atoms with Gasteiger partial charge in [0.1, 0.15) is 0 Å². The van der Waals surface area contributed by atoms with E-state index >= 15 is 0 Å². The first kappa shape index (κ1) is 14.7. The van der Waals surface area contributed by atoms with Gasteiger partial charge in [0.2, 0.25) is 5.89 Å². The van der Waals surface area contributed by atoms with E-state index in [2.05, 4.69) is 34.3 Å². The minimum atomic E-state index is 0.268. The van der Waals surface area contributed by atoms with Gasteiger partial charge in [-0.15, -0.1) is 5.10 Å². The van der Waals surface area contributed by atoms with Gasteiger partial charge in [-0.05, 0) is 62.5 Å². The summed E-state index contributed by atoms with van der Waals surface area (Å²) in [6.45, 7) is 5.92. The number of rotatable bonds is 4. The standard InChI is InChI=1S/C13H16N4OS2/c1-3-17(4-2)12(19)14-10-7-5-9(6-8-10)11-15-16-13(20)18-11/h5-8H,3-4H2,1-2H3,(H,14,19)(H,16,20). The zero-order valence-electron chi connectivity index (χ0n) is 11.3. The maximum atomic E-state index is 5.35. The molecule has 5 nitrogen and oxygen atoms in total. The fourth-order valence-electron chi connectivity index (χ4n) is 1.76. The molecule has 1 aromatic carbocycles. The lowest BCUT2D eigenvalue weighted by Crippen LogP contribution is -2.34. The van der Waals surface area contributed by atoms with E-state index in [0.29, 0.717) is 5.89 Å². The predicted molar refractivity (Wildman–Crippen MR) is 86.3 cm³/mol. The number of anilines is 1. The van der Waals surface area contributed by atoms with Crippen molar-refractivity contribution in [3.8, 4) is 11.5 Å². The van der Waals surface area contributed by atoms with Gasteiger partial charge in [-0.2, -0.15) is 0 Å². The van der Waals surface area contributed by atoms with Gasteiger partial charge < -0.3 is 14.6 Å². The molecule has 0 spiro atoms. The third kappa shape index (κ3) is 3.43. The number of H-pyrrole nitrogens is 1. The van der Waals surface area contributed by atoms with Crippen LogP contribution < -0.4 is 5.32 Å². The van der Waals surface area contributed by atoms with Crippen molar-refractivity contribution in [2.24, 2.45) is 0 Å². The average Bonchev–Trinajstić information content (AvgIpc) is 2.87. The lowest BCUT2D eigenvalue weighted by atomic mass is 10.2. The van der Waals surface area contributed by atoms with E-state index in [4.69, 9.17) is 28.9 Å². The van der Waals surface area contributed by atoms with Gasteiger partial charge in [-0.3, -0.25) is 0 Å². The maximum absolute atomic E-state index is 5.35. The van der Waals surface area contributed by atoms with Crippen molar-refractivity contribution >= 4 is 35.2 Å². The summed E-state index contributed by atoms with van der Waals surface area (Å²) in [5.41, 5.74) is 1.79. The molecule has 0 saturated carbocycles. The number of benzene rings is 1. The zero-order chi connectivity index (χ0) is 14.5. The topological polar surface area (TPSA) is 57.1 Å². The summed E-state index contributed by atoms with van der Waals surface area (Å²) in [7, 11) is 0. The minimum absolute atomic E-state index is 0.268. The summed E-state index contributed by atoms with van der Waals surface area (Å²) in [6, 6.07) is 7.67. The maximum Gasteiger partial charge on any atom is 0.284 e. The van der Waals surface area contributed by atoms with Crippen LogP contribution in [0.25, 0.3) is 11.5 Å². The Kier molecular flexibility index (Phi) is 4.86. The van der Waals surface area contributed by atoms with Gasteiger partial charge in [-0.1, -0.05) is 0 Å². The quantitative estimate of drug-likeness (QED) is 0.844. The second-order valence-corrected chi connectivity index (χ2v) is 4.86. The van der Waals surface area contributed by atoms with Gasteiger partial charge in [0, 0.05) is 24.3 Å². The molecule has 2 N–H and O–H groups in total. The molecule has 0 fully saturated rings. The number of nitrogens with zero attached hydrogens (tertiary/aromatic N) is 2. The smallest absolute Gasteiger partial charge is 0.284 e. The van der Waals surface area contributed by atoms with Crippen LogP contribution in [0.15, 0.2) is 28.7 Å². The highest BCUT2D eigenvalue weighted by Crippen LogP contribution is 2.19. The number of hydrogen-bond donors (Lipinski definition) is 2. The summed E-state index contributed by atoms with van der Waals surface area (Å²) >= 11 is 10.2. The summed E-state index contributed by atoms with van der Waals surface area (Å²) in [6.07, 6.45) is 0. The van der Waals surface area contributed by atoms with Crippen LogP contribution in [0.5, 0.6) is 0 Å². The van der Waals surface area contributed by atoms with E-state index in [1.807, 2.05) is 24.3 Å². The van der Waals surface area contributed by atoms with Crippen LogP contribution in [0.2, 0.25) is 0 Å². The fourth-order valence-corrected chi connectivity index (χ4v) is 2.26. The summed E-state index contributed by atoms with van der Waals surface area (Å²) in [4.78, 5) is 2.35. The van der Waals surface area contributed by atoms with Gasteiger partial charge >= 0.3 is 0 Å². The zero-order valence-corrected chi connectivity index (χ0v) is 13.0. The molecule has 0 atom stereocenters. The summed E-state index contributed by atoms with van der Waals surface area (Å²) < 4.78 is 5.26. The number of nitrogens with one attached hydrogen (secondary N) is 2. The monoisotopic (exact) mass is 308 g/mol. The first-order chi connectivity index (χ1) is 9.63. The van der Waals surface area contributed by atoms with Crippen LogP contribution >= 0.6 is 24.4 Å². The molecule has 0 unspecified atom stereocenters. The van der Waals surface area contributed by atoms with Crippen molar-refractivity contribution in [1.82, 2.24) is 15.1 Å². The Morgan fingerprint density at radius 1 is 1.30 bits per heavy atom. The normalized spacial score (nSPS) is 10.3. The van der Waals surface area contributed by atoms with Crippen LogP contribution in [-0.4, -0.2) is 33.3 Å².